The third kappa shape index (κ3) is 5.36. The van der Waals surface area contributed by atoms with Gasteiger partial charge in [-0.3, -0.25) is 9.59 Å². The van der Waals surface area contributed by atoms with Gasteiger partial charge in [0.1, 0.15) is 6.04 Å². The van der Waals surface area contributed by atoms with Crippen LogP contribution < -0.4 is 16.0 Å². The zero-order valence-corrected chi connectivity index (χ0v) is 17.1. The molecule has 2 aromatic carbocycles. The molecule has 0 aromatic heterocycles. The monoisotopic (exact) mass is 397 g/mol. The van der Waals surface area contributed by atoms with Crippen molar-refractivity contribution in [1.82, 2.24) is 10.6 Å². The molecule has 0 radical (unpaired) electrons. The lowest BCUT2D eigenvalue weighted by molar-refractivity contribution is -0.128. The Labute approximate surface area is 170 Å². The highest BCUT2D eigenvalue weighted by molar-refractivity contribution is 7.98. The van der Waals surface area contributed by atoms with Crippen LogP contribution in [0.1, 0.15) is 23.1 Å². The zero-order valence-electron chi connectivity index (χ0n) is 16.3. The summed E-state index contributed by atoms with van der Waals surface area (Å²) in [7, 11) is 0. The summed E-state index contributed by atoms with van der Waals surface area (Å²) in [6.07, 6.45) is 3.22. The highest BCUT2D eigenvalue weighted by atomic mass is 32.2. The predicted octanol–water partition coefficient (Wildman–Crippen LogP) is 2.89. The number of benzene rings is 2. The Balaban J connectivity index is 1.63. The van der Waals surface area contributed by atoms with Crippen LogP contribution in [0.15, 0.2) is 48.5 Å². The molecule has 0 saturated carbocycles. The molecule has 0 aliphatic carbocycles. The Kier molecular flexibility index (Phi) is 7.12. The van der Waals surface area contributed by atoms with Crippen molar-refractivity contribution in [3.05, 3.63) is 65.2 Å². The van der Waals surface area contributed by atoms with Crippen molar-refractivity contribution in [3.8, 4) is 0 Å². The van der Waals surface area contributed by atoms with Gasteiger partial charge in [-0.05, 0) is 55.0 Å². The minimum atomic E-state index is -0.555. The lowest BCUT2D eigenvalue weighted by Crippen LogP contribution is -2.53. The van der Waals surface area contributed by atoms with Crippen molar-refractivity contribution in [3.63, 3.8) is 0 Å². The van der Waals surface area contributed by atoms with Crippen molar-refractivity contribution < 1.29 is 9.59 Å². The number of carbonyl (C=O) groups excluding carboxylic acids is 2. The van der Waals surface area contributed by atoms with E-state index in [1.807, 2.05) is 49.6 Å². The summed E-state index contributed by atoms with van der Waals surface area (Å²) in [6.45, 7) is 2.67. The molecule has 2 atom stereocenters. The van der Waals surface area contributed by atoms with Crippen LogP contribution in [0.2, 0.25) is 0 Å². The molecule has 5 nitrogen and oxygen atoms in total. The number of aryl methyl sites for hydroxylation is 1. The fraction of sp³-hybridized carbons (Fsp3) is 0.364. The molecule has 2 amide bonds. The maximum Gasteiger partial charge on any atom is 0.246 e. The summed E-state index contributed by atoms with van der Waals surface area (Å²) < 4.78 is 0. The van der Waals surface area contributed by atoms with Crippen molar-refractivity contribution in [2.45, 2.75) is 38.4 Å². The molecule has 1 aliphatic heterocycles. The topological polar surface area (TPSA) is 70.2 Å². The van der Waals surface area contributed by atoms with Crippen LogP contribution in [0.5, 0.6) is 0 Å². The SMILES string of the molecule is CSCC[C@H](NC(=O)[C@@H]1Cc2ccccc2CN1)C(=O)Nc1ccc(C)cc1. The quantitative estimate of drug-likeness (QED) is 0.672. The van der Waals surface area contributed by atoms with Gasteiger partial charge in [-0.2, -0.15) is 11.8 Å². The van der Waals surface area contributed by atoms with Crippen LogP contribution in [0.4, 0.5) is 5.69 Å². The molecule has 3 rings (SSSR count). The fourth-order valence-corrected chi connectivity index (χ4v) is 3.75. The van der Waals surface area contributed by atoms with Crippen molar-refractivity contribution in [2.24, 2.45) is 0 Å². The van der Waals surface area contributed by atoms with Gasteiger partial charge in [-0.15, -0.1) is 0 Å². The molecule has 0 spiro atoms. The van der Waals surface area contributed by atoms with Crippen molar-refractivity contribution >= 4 is 29.3 Å². The van der Waals surface area contributed by atoms with Crippen LogP contribution >= 0.6 is 11.8 Å². The van der Waals surface area contributed by atoms with Crippen LogP contribution in [0.3, 0.4) is 0 Å². The highest BCUT2D eigenvalue weighted by Crippen LogP contribution is 2.17. The summed E-state index contributed by atoms with van der Waals surface area (Å²) in [5.41, 5.74) is 4.28. The second kappa shape index (κ2) is 9.75. The number of rotatable bonds is 7. The van der Waals surface area contributed by atoms with E-state index in [4.69, 9.17) is 0 Å². The largest absolute Gasteiger partial charge is 0.343 e. The third-order valence-corrected chi connectivity index (χ3v) is 5.60. The van der Waals surface area contributed by atoms with E-state index >= 15 is 0 Å². The number of hydrogen-bond acceptors (Lipinski definition) is 4. The molecule has 0 bridgehead atoms. The lowest BCUT2D eigenvalue weighted by Gasteiger charge is -2.27. The molecule has 1 aliphatic rings. The van der Waals surface area contributed by atoms with Gasteiger partial charge >= 0.3 is 0 Å². The van der Waals surface area contributed by atoms with Gasteiger partial charge in [0.25, 0.3) is 0 Å². The Morgan fingerprint density at radius 3 is 2.57 bits per heavy atom. The summed E-state index contributed by atoms with van der Waals surface area (Å²) in [6, 6.07) is 14.9. The van der Waals surface area contributed by atoms with Crippen LogP contribution in [0, 0.1) is 6.92 Å². The summed E-state index contributed by atoms with van der Waals surface area (Å²) >= 11 is 1.66. The molecular weight excluding hydrogens is 370 g/mol. The second-order valence-corrected chi connectivity index (χ2v) is 8.09. The Hall–Kier alpha value is -2.31. The average molecular weight is 398 g/mol. The number of nitrogens with one attached hydrogen (secondary N) is 3. The maximum atomic E-state index is 12.8. The molecule has 148 valence electrons. The average Bonchev–Trinajstić information content (AvgIpc) is 2.72. The van der Waals surface area contributed by atoms with E-state index in [-0.39, 0.29) is 17.9 Å². The number of carbonyl (C=O) groups is 2. The lowest BCUT2D eigenvalue weighted by atomic mass is 9.95. The van der Waals surface area contributed by atoms with Gasteiger partial charge in [-0.1, -0.05) is 42.0 Å². The van der Waals surface area contributed by atoms with Gasteiger partial charge in [-0.25, -0.2) is 0 Å². The van der Waals surface area contributed by atoms with Crippen molar-refractivity contribution in [2.75, 3.05) is 17.3 Å². The smallest absolute Gasteiger partial charge is 0.246 e. The zero-order chi connectivity index (χ0) is 19.9. The number of amides is 2. The van der Waals surface area contributed by atoms with Gasteiger partial charge in [0, 0.05) is 12.2 Å². The second-order valence-electron chi connectivity index (χ2n) is 7.10. The molecule has 0 fully saturated rings. The first kappa shape index (κ1) is 20.4. The number of anilines is 1. The van der Waals surface area contributed by atoms with E-state index < -0.39 is 6.04 Å². The van der Waals surface area contributed by atoms with Crippen LogP contribution in [-0.2, 0) is 22.6 Å². The summed E-state index contributed by atoms with van der Waals surface area (Å²) in [5.74, 6) is 0.495. The molecule has 0 unspecified atom stereocenters. The van der Waals surface area contributed by atoms with E-state index in [1.165, 1.54) is 11.1 Å². The standard InChI is InChI=1S/C22H27N3O2S/c1-15-7-9-18(10-8-15)24-21(26)19(11-12-28-2)25-22(27)20-13-16-5-3-4-6-17(16)14-23-20/h3-10,19-20,23H,11-14H2,1-2H3,(H,24,26)(H,25,27)/t19-,20-/m0/s1. The molecular formula is C22H27N3O2S. The van der Waals surface area contributed by atoms with Crippen LogP contribution in [0.25, 0.3) is 0 Å². The first-order valence-corrected chi connectivity index (χ1v) is 10.9. The van der Waals surface area contributed by atoms with E-state index in [0.717, 1.165) is 17.0 Å². The first-order valence-electron chi connectivity index (χ1n) is 9.54. The van der Waals surface area contributed by atoms with Gasteiger partial charge in [0.2, 0.25) is 11.8 Å². The summed E-state index contributed by atoms with van der Waals surface area (Å²) in [4.78, 5) is 25.6. The minimum Gasteiger partial charge on any atom is -0.343 e. The molecule has 28 heavy (non-hydrogen) atoms. The summed E-state index contributed by atoms with van der Waals surface area (Å²) in [5, 5.41) is 9.16. The van der Waals surface area contributed by atoms with Gasteiger partial charge < -0.3 is 16.0 Å². The Bertz CT molecular complexity index is 823. The fourth-order valence-electron chi connectivity index (χ4n) is 3.28. The molecule has 1 heterocycles. The Morgan fingerprint density at radius 2 is 1.86 bits per heavy atom. The first-order chi connectivity index (χ1) is 13.6. The van der Waals surface area contributed by atoms with E-state index in [1.54, 1.807) is 11.8 Å². The van der Waals surface area contributed by atoms with E-state index in [2.05, 4.69) is 28.1 Å². The molecule has 6 heteroatoms. The van der Waals surface area contributed by atoms with E-state index in [0.29, 0.717) is 19.4 Å². The van der Waals surface area contributed by atoms with Gasteiger partial charge in [0.15, 0.2) is 0 Å². The normalized spacial score (nSPS) is 16.7. The van der Waals surface area contributed by atoms with Gasteiger partial charge in [0.05, 0.1) is 6.04 Å². The number of hydrogen-bond donors (Lipinski definition) is 3. The van der Waals surface area contributed by atoms with Crippen LogP contribution in [-0.4, -0.2) is 35.9 Å². The maximum absolute atomic E-state index is 12.8. The van der Waals surface area contributed by atoms with E-state index in [9.17, 15) is 9.59 Å². The molecule has 2 aromatic rings. The molecule has 3 N–H and O–H groups in total. The number of thioether (sulfide) groups is 1. The Morgan fingerprint density at radius 1 is 1.14 bits per heavy atom. The third-order valence-electron chi connectivity index (χ3n) is 4.96. The minimum absolute atomic E-state index is 0.125. The van der Waals surface area contributed by atoms with Crippen molar-refractivity contribution in [1.29, 1.82) is 0 Å². The predicted molar refractivity (Wildman–Crippen MR) is 116 cm³/mol. The molecule has 0 saturated heterocycles. The number of fused-ring (bicyclic) bond motifs is 1. The highest BCUT2D eigenvalue weighted by Gasteiger charge is 2.28.